The van der Waals surface area contributed by atoms with Crippen LogP contribution in [0.3, 0.4) is 0 Å². The summed E-state index contributed by atoms with van der Waals surface area (Å²) in [4.78, 5) is 29.2. The van der Waals surface area contributed by atoms with Crippen LogP contribution in [0.2, 0.25) is 0 Å². The van der Waals surface area contributed by atoms with Crippen LogP contribution in [0.15, 0.2) is 42.5 Å². The Bertz CT molecular complexity index is 933. The third-order valence-corrected chi connectivity index (χ3v) is 6.25. The number of rotatable bonds is 6. The fraction of sp³-hybridized carbons (Fsp3) is 0.375. The average molecular weight is 408 g/mol. The van der Waals surface area contributed by atoms with E-state index in [1.54, 1.807) is 11.8 Å². The van der Waals surface area contributed by atoms with E-state index < -0.39 is 11.7 Å². The number of amides is 2. The molecule has 30 heavy (non-hydrogen) atoms. The minimum atomic E-state index is -0.777. The smallest absolute Gasteiger partial charge is 0.254 e. The molecule has 0 saturated carbocycles. The van der Waals surface area contributed by atoms with E-state index in [9.17, 15) is 14.0 Å². The Balaban J connectivity index is 1.34. The number of benzene rings is 2. The molecule has 157 valence electrons. The molecular weight excluding hydrogens is 381 g/mol. The molecule has 5 nitrogen and oxygen atoms in total. The third-order valence-electron chi connectivity index (χ3n) is 6.25. The van der Waals surface area contributed by atoms with E-state index in [0.29, 0.717) is 30.5 Å². The molecule has 2 atom stereocenters. The molecular formula is C24H27FN3O2. The normalized spacial score (nSPS) is 21.1. The highest BCUT2D eigenvalue weighted by Gasteiger charge is 2.42. The van der Waals surface area contributed by atoms with Crippen molar-refractivity contribution in [2.24, 2.45) is 17.6 Å². The first-order chi connectivity index (χ1) is 14.4. The fourth-order valence-electron chi connectivity index (χ4n) is 4.82. The van der Waals surface area contributed by atoms with Gasteiger partial charge in [-0.15, -0.1) is 0 Å². The number of hydrogen-bond acceptors (Lipinski definition) is 3. The maximum Gasteiger partial charge on any atom is 0.254 e. The van der Waals surface area contributed by atoms with E-state index in [2.05, 4.69) is 23.5 Å². The lowest BCUT2D eigenvalue weighted by molar-refractivity contribution is 0.0768. The number of nitrogens with zero attached hydrogens (tertiary/aromatic N) is 2. The van der Waals surface area contributed by atoms with Crippen molar-refractivity contribution in [2.45, 2.75) is 13.3 Å². The molecule has 2 aliphatic rings. The van der Waals surface area contributed by atoms with E-state index in [4.69, 9.17) is 5.73 Å². The monoisotopic (exact) mass is 408 g/mol. The predicted octanol–water partition coefficient (Wildman–Crippen LogP) is 2.88. The van der Waals surface area contributed by atoms with Gasteiger partial charge in [0, 0.05) is 26.2 Å². The van der Waals surface area contributed by atoms with Gasteiger partial charge in [0.1, 0.15) is 5.82 Å². The van der Waals surface area contributed by atoms with Gasteiger partial charge in [-0.3, -0.25) is 9.59 Å². The van der Waals surface area contributed by atoms with Crippen LogP contribution in [-0.4, -0.2) is 54.3 Å². The number of fused-ring (bicyclic) bond motifs is 1. The van der Waals surface area contributed by atoms with Crippen molar-refractivity contribution < 1.29 is 14.0 Å². The summed E-state index contributed by atoms with van der Waals surface area (Å²) in [7, 11) is 0. The van der Waals surface area contributed by atoms with Crippen LogP contribution in [0.25, 0.3) is 0 Å². The molecule has 0 aliphatic carbocycles. The lowest BCUT2D eigenvalue weighted by Gasteiger charge is -2.23. The zero-order chi connectivity index (χ0) is 21.3. The van der Waals surface area contributed by atoms with Gasteiger partial charge in [0.15, 0.2) is 0 Å². The van der Waals surface area contributed by atoms with Crippen molar-refractivity contribution in [3.8, 4) is 0 Å². The molecule has 2 aromatic rings. The van der Waals surface area contributed by atoms with Crippen molar-refractivity contribution in [2.75, 3.05) is 32.7 Å². The van der Waals surface area contributed by atoms with Gasteiger partial charge in [-0.25, -0.2) is 4.39 Å². The number of likely N-dealkylation sites (tertiary alicyclic amines) is 2. The Labute approximate surface area is 176 Å². The van der Waals surface area contributed by atoms with Gasteiger partial charge in [0.2, 0.25) is 5.91 Å². The van der Waals surface area contributed by atoms with Crippen LogP contribution >= 0.6 is 0 Å². The maximum absolute atomic E-state index is 13.7. The van der Waals surface area contributed by atoms with E-state index in [-0.39, 0.29) is 17.0 Å². The molecule has 2 aromatic carbocycles. The molecule has 2 N–H and O–H groups in total. The molecule has 1 radical (unpaired) electrons. The van der Waals surface area contributed by atoms with Gasteiger partial charge < -0.3 is 15.5 Å². The first-order valence-electron chi connectivity index (χ1n) is 10.4. The summed E-state index contributed by atoms with van der Waals surface area (Å²) < 4.78 is 13.7. The first-order valence-corrected chi connectivity index (χ1v) is 10.4. The summed E-state index contributed by atoms with van der Waals surface area (Å²) in [6.45, 7) is 5.93. The van der Waals surface area contributed by atoms with Gasteiger partial charge in [-0.2, -0.15) is 0 Å². The molecule has 2 aliphatic heterocycles. The lowest BCUT2D eigenvalue weighted by Crippen LogP contribution is -2.35. The van der Waals surface area contributed by atoms with Crippen molar-refractivity contribution in [1.82, 2.24) is 9.80 Å². The fourth-order valence-corrected chi connectivity index (χ4v) is 4.82. The van der Waals surface area contributed by atoms with Crippen molar-refractivity contribution in [1.29, 1.82) is 0 Å². The minimum absolute atomic E-state index is 0.0346. The van der Waals surface area contributed by atoms with Gasteiger partial charge in [-0.05, 0) is 61.4 Å². The standard InChI is InChI=1S/C24H27FN3O2/c1-16-10-20(25)11-21(23(26)29)22(16)24(30)28-14-18-12-27(13-19(18)15-28)9-5-8-17-6-3-2-4-7-17/h2-4,6-8,10-11,18-19H,5,9,12-15H2,1H3,(H2,26,29)/t18-,19?/m0/s1. The molecule has 2 heterocycles. The summed E-state index contributed by atoms with van der Waals surface area (Å²) >= 11 is 0. The molecule has 1 unspecified atom stereocenters. The second-order valence-electron chi connectivity index (χ2n) is 8.40. The van der Waals surface area contributed by atoms with Crippen LogP contribution in [0.4, 0.5) is 4.39 Å². The molecule has 4 rings (SSSR count). The summed E-state index contributed by atoms with van der Waals surface area (Å²) in [5.41, 5.74) is 7.29. The van der Waals surface area contributed by atoms with E-state index in [0.717, 1.165) is 32.1 Å². The van der Waals surface area contributed by atoms with Crippen LogP contribution in [0, 0.1) is 31.0 Å². The summed E-state index contributed by atoms with van der Waals surface area (Å²) in [6.07, 6.45) is 3.26. The molecule has 0 bridgehead atoms. The van der Waals surface area contributed by atoms with Crippen LogP contribution in [0.5, 0.6) is 0 Å². The highest BCUT2D eigenvalue weighted by Crippen LogP contribution is 2.33. The number of halogens is 1. The largest absolute Gasteiger partial charge is 0.366 e. The van der Waals surface area contributed by atoms with Gasteiger partial charge in [0.05, 0.1) is 11.1 Å². The number of primary amides is 1. The topological polar surface area (TPSA) is 66.6 Å². The van der Waals surface area contributed by atoms with E-state index >= 15 is 0 Å². The third kappa shape index (κ3) is 4.24. The van der Waals surface area contributed by atoms with Crippen LogP contribution < -0.4 is 5.73 Å². The Kier molecular flexibility index (Phi) is 5.86. The number of carbonyl (C=O) groups excluding carboxylic acids is 2. The predicted molar refractivity (Wildman–Crippen MR) is 113 cm³/mol. The number of aryl methyl sites for hydroxylation is 1. The Morgan fingerprint density at radius 3 is 2.40 bits per heavy atom. The van der Waals surface area contributed by atoms with Crippen molar-refractivity contribution >= 4 is 11.8 Å². The number of carbonyl (C=O) groups is 2. The summed E-state index contributed by atoms with van der Waals surface area (Å²) in [6, 6.07) is 12.7. The molecule has 2 saturated heterocycles. The molecule has 2 fully saturated rings. The molecule has 0 aromatic heterocycles. The molecule has 6 heteroatoms. The van der Waals surface area contributed by atoms with Crippen molar-refractivity contribution in [3.05, 3.63) is 77.0 Å². The summed E-state index contributed by atoms with van der Waals surface area (Å²) in [5, 5.41) is 0. The van der Waals surface area contributed by atoms with Crippen LogP contribution in [0.1, 0.15) is 38.3 Å². The first kappa shape index (κ1) is 20.5. The lowest BCUT2D eigenvalue weighted by atomic mass is 9.99. The van der Waals surface area contributed by atoms with Crippen LogP contribution in [-0.2, 0) is 0 Å². The number of nitrogens with two attached hydrogens (primary N) is 1. The molecule has 2 amide bonds. The van der Waals surface area contributed by atoms with E-state index in [1.807, 2.05) is 18.2 Å². The molecule has 0 spiro atoms. The Morgan fingerprint density at radius 2 is 1.77 bits per heavy atom. The quantitative estimate of drug-likeness (QED) is 0.799. The van der Waals surface area contributed by atoms with E-state index in [1.165, 1.54) is 11.6 Å². The maximum atomic E-state index is 13.7. The second kappa shape index (κ2) is 8.56. The highest BCUT2D eigenvalue weighted by atomic mass is 19.1. The SMILES string of the molecule is Cc1cc(F)cc(C(N)=O)c1C(=O)N1CC2CN(CC[CH]c3ccccc3)C[C@H]2C1. The zero-order valence-electron chi connectivity index (χ0n) is 17.2. The summed E-state index contributed by atoms with van der Waals surface area (Å²) in [5.74, 6) is -0.688. The van der Waals surface area contributed by atoms with Gasteiger partial charge >= 0.3 is 0 Å². The Hall–Kier alpha value is -2.73. The minimum Gasteiger partial charge on any atom is -0.366 e. The van der Waals surface area contributed by atoms with Crippen molar-refractivity contribution in [3.63, 3.8) is 0 Å². The average Bonchev–Trinajstić information content (AvgIpc) is 3.26. The van der Waals surface area contributed by atoms with Gasteiger partial charge in [-0.1, -0.05) is 30.3 Å². The zero-order valence-corrected chi connectivity index (χ0v) is 17.2. The second-order valence-corrected chi connectivity index (χ2v) is 8.40. The highest BCUT2D eigenvalue weighted by molar-refractivity contribution is 6.07. The van der Waals surface area contributed by atoms with Gasteiger partial charge in [0.25, 0.3) is 5.91 Å². The number of hydrogen-bond donors (Lipinski definition) is 1. The Morgan fingerprint density at radius 1 is 1.10 bits per heavy atom.